The van der Waals surface area contributed by atoms with Crippen molar-refractivity contribution >= 4 is 0 Å². The average Bonchev–Trinajstić information content (AvgIpc) is 3.25. The molecule has 2 fully saturated rings. The lowest BCUT2D eigenvalue weighted by Gasteiger charge is -2.29. The van der Waals surface area contributed by atoms with Gasteiger partial charge in [-0.25, -0.2) is 0 Å². The second-order valence-electron chi connectivity index (χ2n) is 17.8. The zero-order valence-corrected chi connectivity index (χ0v) is 35.2. The molecule has 6 rings (SSSR count). The second kappa shape index (κ2) is 23.9. The third-order valence-electron chi connectivity index (χ3n) is 13.4. The van der Waals surface area contributed by atoms with Gasteiger partial charge in [0.2, 0.25) is 0 Å². The van der Waals surface area contributed by atoms with Crippen LogP contribution in [-0.2, 0) is 35.5 Å². The van der Waals surface area contributed by atoms with Gasteiger partial charge in [0.05, 0.1) is 13.2 Å². The highest BCUT2D eigenvalue weighted by Gasteiger charge is 2.27. The molecule has 0 amide bonds. The highest BCUT2D eigenvalue weighted by molar-refractivity contribution is 5.27. The molecule has 2 atom stereocenters. The zero-order valence-electron chi connectivity index (χ0n) is 35.2. The van der Waals surface area contributed by atoms with Crippen LogP contribution in [0.4, 0.5) is 0 Å². The van der Waals surface area contributed by atoms with Crippen molar-refractivity contribution in [1.82, 2.24) is 0 Å². The highest BCUT2D eigenvalue weighted by atomic mass is 16.5. The van der Waals surface area contributed by atoms with Crippen molar-refractivity contribution in [3.63, 3.8) is 0 Å². The standard InChI is InChI=1S/C54H74O2/c1-3-15-43-25-29-45(30-26-43)17-11-13-19-47-33-37-49(38-34-47)41-55-53(51-21-7-5-8-22-51)54(52-23-9-6-10-24-52)56-42-50-39-35-48(36-40-50)20-14-12-18-46-31-27-44(16-4-2)28-32-46/h5-10,21-24,33-40,43-46,53-54H,3-4,11-20,25-32,41-42H2,1-2H3/t43-,44-,45-,46-,53-,54-/m1/s1. The number of ether oxygens (including phenoxy) is 2. The van der Waals surface area contributed by atoms with Crippen LogP contribution in [0.25, 0.3) is 0 Å². The van der Waals surface area contributed by atoms with E-state index in [9.17, 15) is 0 Å². The summed E-state index contributed by atoms with van der Waals surface area (Å²) in [5.74, 6) is 3.96. The van der Waals surface area contributed by atoms with Crippen molar-refractivity contribution in [3.05, 3.63) is 143 Å². The van der Waals surface area contributed by atoms with Crippen molar-refractivity contribution in [2.75, 3.05) is 0 Å². The molecule has 0 heterocycles. The van der Waals surface area contributed by atoms with E-state index in [1.807, 2.05) is 0 Å². The Morgan fingerprint density at radius 3 is 1.05 bits per heavy atom. The lowest BCUT2D eigenvalue weighted by Crippen LogP contribution is -2.18. The molecular weight excluding hydrogens is 681 g/mol. The van der Waals surface area contributed by atoms with Crippen LogP contribution in [0.1, 0.15) is 175 Å². The van der Waals surface area contributed by atoms with Gasteiger partial charge >= 0.3 is 0 Å². The summed E-state index contributed by atoms with van der Waals surface area (Å²) in [7, 11) is 0. The Labute approximate surface area is 342 Å². The average molecular weight is 755 g/mol. The summed E-state index contributed by atoms with van der Waals surface area (Å²) in [6.45, 7) is 5.76. The van der Waals surface area contributed by atoms with E-state index in [1.165, 1.54) is 151 Å². The number of hydrogen-bond donors (Lipinski definition) is 0. The van der Waals surface area contributed by atoms with Crippen molar-refractivity contribution in [1.29, 1.82) is 0 Å². The summed E-state index contributed by atoms with van der Waals surface area (Å²) in [4.78, 5) is 0. The van der Waals surface area contributed by atoms with Gasteiger partial charge in [0.1, 0.15) is 12.2 Å². The Balaban J connectivity index is 0.988. The summed E-state index contributed by atoms with van der Waals surface area (Å²) in [5, 5.41) is 0. The van der Waals surface area contributed by atoms with Gasteiger partial charge in [0.25, 0.3) is 0 Å². The molecule has 0 radical (unpaired) electrons. The van der Waals surface area contributed by atoms with Gasteiger partial charge in [-0.1, -0.05) is 226 Å². The highest BCUT2D eigenvalue weighted by Crippen LogP contribution is 2.38. The maximum Gasteiger partial charge on any atom is 0.113 e. The minimum absolute atomic E-state index is 0.240. The van der Waals surface area contributed by atoms with E-state index in [-0.39, 0.29) is 12.2 Å². The van der Waals surface area contributed by atoms with Crippen LogP contribution in [0.15, 0.2) is 109 Å². The van der Waals surface area contributed by atoms with Gasteiger partial charge < -0.3 is 9.47 Å². The predicted molar refractivity (Wildman–Crippen MR) is 237 cm³/mol. The molecule has 0 spiro atoms. The van der Waals surface area contributed by atoms with E-state index in [4.69, 9.17) is 9.47 Å². The first-order valence-corrected chi connectivity index (χ1v) is 23.2. The predicted octanol–water partition coefficient (Wildman–Crippen LogP) is 15.5. The van der Waals surface area contributed by atoms with Gasteiger partial charge in [-0.15, -0.1) is 0 Å². The van der Waals surface area contributed by atoms with E-state index in [0.29, 0.717) is 13.2 Å². The van der Waals surface area contributed by atoms with Gasteiger partial charge in [-0.3, -0.25) is 0 Å². The summed E-state index contributed by atoms with van der Waals surface area (Å²) in [6.07, 6.45) is 27.3. The topological polar surface area (TPSA) is 18.5 Å². The maximum absolute atomic E-state index is 6.86. The van der Waals surface area contributed by atoms with Crippen molar-refractivity contribution < 1.29 is 9.47 Å². The minimum atomic E-state index is -0.240. The maximum atomic E-state index is 6.86. The van der Waals surface area contributed by atoms with Crippen LogP contribution in [0.2, 0.25) is 0 Å². The van der Waals surface area contributed by atoms with E-state index in [2.05, 4.69) is 123 Å². The first-order valence-electron chi connectivity index (χ1n) is 23.2. The van der Waals surface area contributed by atoms with Gasteiger partial charge in [0, 0.05) is 0 Å². The van der Waals surface area contributed by atoms with Crippen LogP contribution in [-0.4, -0.2) is 0 Å². The normalized spacial score (nSPS) is 21.1. The fourth-order valence-corrected chi connectivity index (χ4v) is 9.94. The Morgan fingerprint density at radius 2 is 0.714 bits per heavy atom. The summed E-state index contributed by atoms with van der Waals surface area (Å²) >= 11 is 0. The molecule has 2 saturated carbocycles. The smallest absolute Gasteiger partial charge is 0.113 e. The number of unbranched alkanes of at least 4 members (excludes halogenated alkanes) is 2. The number of rotatable bonds is 23. The van der Waals surface area contributed by atoms with Crippen LogP contribution in [0.5, 0.6) is 0 Å². The molecule has 4 aromatic rings. The molecule has 56 heavy (non-hydrogen) atoms. The van der Waals surface area contributed by atoms with E-state index >= 15 is 0 Å². The zero-order chi connectivity index (χ0) is 38.6. The molecule has 2 nitrogen and oxygen atoms in total. The molecule has 2 heteroatoms. The number of benzene rings is 4. The van der Waals surface area contributed by atoms with Crippen LogP contribution in [0, 0.1) is 23.7 Å². The molecule has 0 aliphatic heterocycles. The SMILES string of the molecule is CCC[C@H]1CC[C@H](CCCCc2ccc(CO[C@H](c3ccccc3)[C@H](OCc3ccc(CCCC[C@H]4CC[C@H](CCC)CC4)cc3)c3ccccc3)cc2)CC1. The Morgan fingerprint density at radius 1 is 0.393 bits per heavy atom. The van der Waals surface area contributed by atoms with Gasteiger partial charge in [-0.05, 0) is 82.7 Å². The molecule has 0 aromatic heterocycles. The molecule has 0 bridgehead atoms. The minimum Gasteiger partial charge on any atom is -0.366 e. The summed E-state index contributed by atoms with van der Waals surface area (Å²) in [5.41, 5.74) is 7.58. The van der Waals surface area contributed by atoms with E-state index < -0.39 is 0 Å². The fourth-order valence-electron chi connectivity index (χ4n) is 9.94. The van der Waals surface area contributed by atoms with Crippen molar-refractivity contribution in [2.45, 2.75) is 168 Å². The van der Waals surface area contributed by atoms with Gasteiger partial charge in [-0.2, -0.15) is 0 Å². The molecule has 2 aliphatic carbocycles. The molecule has 0 unspecified atom stereocenters. The fraction of sp³-hybridized carbons (Fsp3) is 0.556. The lowest BCUT2D eigenvalue weighted by atomic mass is 9.78. The summed E-state index contributed by atoms with van der Waals surface area (Å²) in [6, 6.07) is 39.7. The number of hydrogen-bond acceptors (Lipinski definition) is 2. The van der Waals surface area contributed by atoms with E-state index in [1.54, 1.807) is 0 Å². The largest absolute Gasteiger partial charge is 0.366 e. The lowest BCUT2D eigenvalue weighted by molar-refractivity contribution is -0.0908. The van der Waals surface area contributed by atoms with Gasteiger partial charge in [0.15, 0.2) is 0 Å². The summed E-state index contributed by atoms with van der Waals surface area (Å²) < 4.78 is 13.7. The number of aryl methyl sites for hydroxylation is 2. The Kier molecular flexibility index (Phi) is 18.1. The third-order valence-corrected chi connectivity index (χ3v) is 13.4. The molecule has 0 saturated heterocycles. The molecular formula is C54H74O2. The molecule has 302 valence electrons. The Bertz CT molecular complexity index is 1460. The van der Waals surface area contributed by atoms with Crippen LogP contribution in [0.3, 0.4) is 0 Å². The Hall–Kier alpha value is -3.20. The first-order chi connectivity index (χ1) is 27.7. The monoisotopic (exact) mass is 755 g/mol. The van der Waals surface area contributed by atoms with E-state index in [0.717, 1.165) is 34.8 Å². The van der Waals surface area contributed by atoms with Crippen molar-refractivity contribution in [2.24, 2.45) is 23.7 Å². The molecule has 0 N–H and O–H groups in total. The molecule has 4 aromatic carbocycles. The van der Waals surface area contributed by atoms with Crippen LogP contribution < -0.4 is 0 Å². The first kappa shape index (κ1) is 42.4. The van der Waals surface area contributed by atoms with Crippen molar-refractivity contribution in [3.8, 4) is 0 Å². The molecule has 2 aliphatic rings. The van der Waals surface area contributed by atoms with Crippen LogP contribution >= 0.6 is 0 Å². The third kappa shape index (κ3) is 14.0. The quantitative estimate of drug-likeness (QED) is 0.0702. The second-order valence-corrected chi connectivity index (χ2v) is 17.8.